The van der Waals surface area contributed by atoms with E-state index in [2.05, 4.69) is 17.1 Å². The van der Waals surface area contributed by atoms with Crippen LogP contribution in [0.25, 0.3) is 0 Å². The Labute approximate surface area is 129 Å². The van der Waals surface area contributed by atoms with Crippen molar-refractivity contribution in [3.05, 3.63) is 0 Å². The number of likely N-dealkylation sites (tertiary alicyclic amines) is 1. The molecule has 1 aliphatic heterocycles. The van der Waals surface area contributed by atoms with E-state index in [1.807, 2.05) is 0 Å². The molecule has 0 spiro atoms. The molecular weight excluding hydrogens is 260 g/mol. The van der Waals surface area contributed by atoms with E-state index in [1.54, 1.807) is 0 Å². The summed E-state index contributed by atoms with van der Waals surface area (Å²) >= 11 is 0. The van der Waals surface area contributed by atoms with Crippen LogP contribution < -0.4 is 5.32 Å². The molecule has 3 heteroatoms. The smallest absolute Gasteiger partial charge is 0.225 e. The van der Waals surface area contributed by atoms with Gasteiger partial charge in [0.2, 0.25) is 5.91 Å². The van der Waals surface area contributed by atoms with Gasteiger partial charge in [-0.15, -0.1) is 0 Å². The number of carbonyl (C=O) groups excluding carboxylic acids is 1. The van der Waals surface area contributed by atoms with E-state index in [4.69, 9.17) is 0 Å². The van der Waals surface area contributed by atoms with Gasteiger partial charge in [0.05, 0.1) is 0 Å². The lowest BCUT2D eigenvalue weighted by Crippen LogP contribution is -2.41. The zero-order chi connectivity index (χ0) is 14.7. The van der Waals surface area contributed by atoms with Gasteiger partial charge in [-0.05, 0) is 50.1 Å². The Morgan fingerprint density at radius 1 is 1.10 bits per heavy atom. The molecule has 3 nitrogen and oxygen atoms in total. The van der Waals surface area contributed by atoms with Gasteiger partial charge in [-0.25, -0.2) is 0 Å². The van der Waals surface area contributed by atoms with Crippen LogP contribution in [0.15, 0.2) is 0 Å². The molecule has 2 aliphatic carbocycles. The second-order valence-electron chi connectivity index (χ2n) is 7.48. The Morgan fingerprint density at radius 2 is 1.81 bits per heavy atom. The number of piperidine rings is 1. The number of amides is 1. The molecular formula is C18H32N2O. The molecule has 0 radical (unpaired) electrons. The molecule has 1 saturated heterocycles. The summed E-state index contributed by atoms with van der Waals surface area (Å²) in [5.41, 5.74) is 0. The summed E-state index contributed by atoms with van der Waals surface area (Å²) in [6.07, 6.45) is 10.6. The zero-order valence-corrected chi connectivity index (χ0v) is 13.7. The summed E-state index contributed by atoms with van der Waals surface area (Å²) in [6, 6.07) is 0. The van der Waals surface area contributed by atoms with Crippen molar-refractivity contribution in [1.82, 2.24) is 10.2 Å². The molecule has 1 N–H and O–H groups in total. The van der Waals surface area contributed by atoms with Crippen molar-refractivity contribution in [2.45, 2.75) is 58.3 Å². The summed E-state index contributed by atoms with van der Waals surface area (Å²) in [5, 5.41) is 3.44. The maximum Gasteiger partial charge on any atom is 0.225 e. The number of rotatable bonds is 5. The van der Waals surface area contributed by atoms with Crippen molar-refractivity contribution in [2.24, 2.45) is 23.7 Å². The summed E-state index contributed by atoms with van der Waals surface area (Å²) in [5.74, 6) is 3.30. The number of hydrogen-bond donors (Lipinski definition) is 1. The first-order valence-electron chi connectivity index (χ1n) is 9.29. The lowest BCUT2D eigenvalue weighted by atomic mass is 9.85. The van der Waals surface area contributed by atoms with E-state index in [-0.39, 0.29) is 0 Å². The molecule has 1 heterocycles. The number of carbonyl (C=O) groups is 1. The van der Waals surface area contributed by atoms with Gasteiger partial charge >= 0.3 is 0 Å². The maximum atomic E-state index is 12.6. The molecule has 3 rings (SSSR count). The Balaban J connectivity index is 1.41. The van der Waals surface area contributed by atoms with E-state index >= 15 is 0 Å². The van der Waals surface area contributed by atoms with Crippen LogP contribution in [0.2, 0.25) is 0 Å². The zero-order valence-electron chi connectivity index (χ0n) is 13.7. The van der Waals surface area contributed by atoms with Crippen molar-refractivity contribution in [2.75, 3.05) is 26.2 Å². The Hall–Kier alpha value is -0.570. The SMILES string of the molecule is CCNCC1CCN(C(=O)C2CC2C2CCCCC2)CC1. The van der Waals surface area contributed by atoms with Gasteiger partial charge in [0.1, 0.15) is 0 Å². The first-order chi connectivity index (χ1) is 10.3. The van der Waals surface area contributed by atoms with Gasteiger partial charge in [-0.1, -0.05) is 39.0 Å². The van der Waals surface area contributed by atoms with Crippen molar-refractivity contribution in [1.29, 1.82) is 0 Å². The van der Waals surface area contributed by atoms with E-state index < -0.39 is 0 Å². The summed E-state index contributed by atoms with van der Waals surface area (Å²) < 4.78 is 0. The highest BCUT2D eigenvalue weighted by molar-refractivity contribution is 5.81. The third-order valence-electron chi connectivity index (χ3n) is 6.02. The largest absolute Gasteiger partial charge is 0.342 e. The van der Waals surface area contributed by atoms with Crippen LogP contribution in [0, 0.1) is 23.7 Å². The predicted molar refractivity (Wildman–Crippen MR) is 86.0 cm³/mol. The molecule has 3 fully saturated rings. The molecule has 0 aromatic heterocycles. The normalized spacial score (nSPS) is 31.4. The first-order valence-corrected chi connectivity index (χ1v) is 9.29. The first kappa shape index (κ1) is 15.3. The molecule has 2 saturated carbocycles. The van der Waals surface area contributed by atoms with Crippen LogP contribution in [-0.2, 0) is 4.79 Å². The van der Waals surface area contributed by atoms with Crippen LogP contribution >= 0.6 is 0 Å². The summed E-state index contributed by atoms with van der Waals surface area (Å²) in [7, 11) is 0. The van der Waals surface area contributed by atoms with Gasteiger partial charge in [0.25, 0.3) is 0 Å². The van der Waals surface area contributed by atoms with Crippen LogP contribution in [0.1, 0.15) is 58.3 Å². The van der Waals surface area contributed by atoms with Gasteiger partial charge in [-0.3, -0.25) is 4.79 Å². The van der Waals surface area contributed by atoms with Crippen molar-refractivity contribution in [3.8, 4) is 0 Å². The highest BCUT2D eigenvalue weighted by atomic mass is 16.2. The predicted octanol–water partition coefficient (Wildman–Crippen LogP) is 3.05. The fourth-order valence-electron chi connectivity index (χ4n) is 4.52. The van der Waals surface area contributed by atoms with Crippen molar-refractivity contribution in [3.63, 3.8) is 0 Å². The lowest BCUT2D eigenvalue weighted by molar-refractivity contribution is -0.134. The number of nitrogens with zero attached hydrogens (tertiary/aromatic N) is 1. The van der Waals surface area contributed by atoms with Crippen LogP contribution in [0.3, 0.4) is 0 Å². The fraction of sp³-hybridized carbons (Fsp3) is 0.944. The Morgan fingerprint density at radius 3 is 2.48 bits per heavy atom. The van der Waals surface area contributed by atoms with Crippen LogP contribution in [-0.4, -0.2) is 37.0 Å². The van der Waals surface area contributed by atoms with Gasteiger partial charge < -0.3 is 10.2 Å². The third-order valence-corrected chi connectivity index (χ3v) is 6.02. The number of nitrogens with one attached hydrogen (secondary N) is 1. The molecule has 2 unspecified atom stereocenters. The second kappa shape index (κ2) is 7.13. The molecule has 120 valence electrons. The second-order valence-corrected chi connectivity index (χ2v) is 7.48. The standard InChI is InChI=1S/C18H32N2O/c1-2-19-13-14-8-10-20(11-9-14)18(21)17-12-16(17)15-6-4-3-5-7-15/h14-17,19H,2-13H2,1H3. The maximum absolute atomic E-state index is 12.6. The highest BCUT2D eigenvalue weighted by Crippen LogP contribution is 2.50. The van der Waals surface area contributed by atoms with Crippen LogP contribution in [0.5, 0.6) is 0 Å². The third kappa shape index (κ3) is 3.80. The molecule has 21 heavy (non-hydrogen) atoms. The fourth-order valence-corrected chi connectivity index (χ4v) is 4.52. The lowest BCUT2D eigenvalue weighted by Gasteiger charge is -2.32. The highest BCUT2D eigenvalue weighted by Gasteiger charge is 2.48. The molecule has 0 aromatic carbocycles. The van der Waals surface area contributed by atoms with Gasteiger partial charge in [0, 0.05) is 19.0 Å². The van der Waals surface area contributed by atoms with Crippen molar-refractivity contribution < 1.29 is 4.79 Å². The molecule has 0 aromatic rings. The number of hydrogen-bond acceptors (Lipinski definition) is 2. The molecule has 2 atom stereocenters. The van der Waals surface area contributed by atoms with E-state index in [0.717, 1.165) is 43.9 Å². The average Bonchev–Trinajstić information content (AvgIpc) is 3.34. The summed E-state index contributed by atoms with van der Waals surface area (Å²) in [4.78, 5) is 14.8. The van der Waals surface area contributed by atoms with E-state index in [0.29, 0.717) is 11.8 Å². The minimum absolute atomic E-state index is 0.401. The van der Waals surface area contributed by atoms with E-state index in [9.17, 15) is 4.79 Å². The monoisotopic (exact) mass is 292 g/mol. The molecule has 3 aliphatic rings. The topological polar surface area (TPSA) is 32.3 Å². The van der Waals surface area contributed by atoms with E-state index in [1.165, 1.54) is 51.4 Å². The summed E-state index contributed by atoms with van der Waals surface area (Å²) in [6.45, 7) is 6.36. The molecule has 0 bridgehead atoms. The Bertz CT molecular complexity index is 343. The minimum atomic E-state index is 0.401. The van der Waals surface area contributed by atoms with Crippen LogP contribution in [0.4, 0.5) is 0 Å². The van der Waals surface area contributed by atoms with Gasteiger partial charge in [0.15, 0.2) is 0 Å². The van der Waals surface area contributed by atoms with Gasteiger partial charge in [-0.2, -0.15) is 0 Å². The minimum Gasteiger partial charge on any atom is -0.342 e. The Kier molecular flexibility index (Phi) is 5.20. The quantitative estimate of drug-likeness (QED) is 0.844. The molecule has 1 amide bonds. The average molecular weight is 292 g/mol. The van der Waals surface area contributed by atoms with Crippen molar-refractivity contribution >= 4 is 5.91 Å².